The molecule has 2 rings (SSSR count). The molecule has 1 fully saturated rings. The van der Waals surface area contributed by atoms with Gasteiger partial charge in [-0.1, -0.05) is 11.6 Å². The average Bonchev–Trinajstić information content (AvgIpc) is 2.38. The Morgan fingerprint density at radius 3 is 2.65 bits per heavy atom. The minimum Gasteiger partial charge on any atom is -0.507 e. The largest absolute Gasteiger partial charge is 0.507 e. The molecule has 0 aliphatic carbocycles. The summed E-state index contributed by atoms with van der Waals surface area (Å²) < 4.78 is 5.60. The van der Waals surface area contributed by atoms with E-state index in [4.69, 9.17) is 16.3 Å². The Morgan fingerprint density at radius 2 is 2.05 bits per heavy atom. The molecule has 1 atom stereocenters. The van der Waals surface area contributed by atoms with Crippen molar-refractivity contribution in [2.24, 2.45) is 5.92 Å². The van der Waals surface area contributed by atoms with Crippen LogP contribution in [0.4, 0.5) is 0 Å². The van der Waals surface area contributed by atoms with Gasteiger partial charge in [0.25, 0.3) is 0 Å². The van der Waals surface area contributed by atoms with Crippen molar-refractivity contribution < 1.29 is 14.6 Å². The summed E-state index contributed by atoms with van der Waals surface area (Å²) in [6, 6.07) is 6.75. The number of halogens is 1. The van der Waals surface area contributed by atoms with Gasteiger partial charge in [0.05, 0.1) is 5.60 Å². The second kappa shape index (κ2) is 5.98. The fourth-order valence-electron chi connectivity index (χ4n) is 2.43. The molecule has 0 bridgehead atoms. The van der Waals surface area contributed by atoms with E-state index in [1.54, 1.807) is 24.3 Å². The van der Waals surface area contributed by atoms with E-state index < -0.39 is 0 Å². The summed E-state index contributed by atoms with van der Waals surface area (Å²) in [5, 5.41) is 10.6. The maximum absolute atomic E-state index is 12.2. The van der Waals surface area contributed by atoms with Crippen molar-refractivity contribution in [2.45, 2.75) is 32.3 Å². The summed E-state index contributed by atoms with van der Waals surface area (Å²) in [6.45, 7) is 4.55. The molecule has 1 aromatic rings. The van der Waals surface area contributed by atoms with Gasteiger partial charge in [-0.3, -0.25) is 4.79 Å². The number of aliphatic hydroxyl groups excluding tert-OH is 1. The van der Waals surface area contributed by atoms with E-state index in [9.17, 15) is 9.90 Å². The second-order valence-electron chi connectivity index (χ2n) is 5.74. The number of benzene rings is 1. The maximum atomic E-state index is 12.2. The third kappa shape index (κ3) is 3.84. The van der Waals surface area contributed by atoms with Gasteiger partial charge in [-0.2, -0.15) is 0 Å². The lowest BCUT2D eigenvalue weighted by Gasteiger charge is -2.34. The van der Waals surface area contributed by atoms with Gasteiger partial charge >= 0.3 is 0 Å². The monoisotopic (exact) mass is 294 g/mol. The fraction of sp³-hybridized carbons (Fsp3) is 0.438. The zero-order valence-corrected chi connectivity index (χ0v) is 12.5. The van der Waals surface area contributed by atoms with Crippen molar-refractivity contribution in [1.82, 2.24) is 0 Å². The molecule has 3 nitrogen and oxygen atoms in total. The lowest BCUT2D eigenvalue weighted by molar-refractivity contribution is -0.128. The molecule has 4 heteroatoms. The SMILES string of the molecule is CC1(C)CC(C(=O)/C=C(\O)c2ccc(Cl)cc2)CCO1. The molecule has 1 saturated heterocycles. The van der Waals surface area contributed by atoms with Crippen LogP contribution in [-0.2, 0) is 9.53 Å². The van der Waals surface area contributed by atoms with Crippen LogP contribution in [0.2, 0.25) is 5.02 Å². The molecular weight excluding hydrogens is 276 g/mol. The third-order valence-corrected chi connectivity index (χ3v) is 3.77. The minimum absolute atomic E-state index is 0.0176. The molecule has 20 heavy (non-hydrogen) atoms. The number of rotatable bonds is 3. The van der Waals surface area contributed by atoms with Crippen LogP contribution in [0.3, 0.4) is 0 Å². The molecule has 1 aliphatic rings. The van der Waals surface area contributed by atoms with Crippen LogP contribution in [-0.4, -0.2) is 23.1 Å². The molecular formula is C16H19ClO3. The lowest BCUT2D eigenvalue weighted by Crippen LogP contribution is -2.36. The zero-order chi connectivity index (χ0) is 14.8. The van der Waals surface area contributed by atoms with E-state index in [2.05, 4.69) is 0 Å². The van der Waals surface area contributed by atoms with E-state index >= 15 is 0 Å². The third-order valence-electron chi connectivity index (χ3n) is 3.52. The number of ketones is 1. The summed E-state index contributed by atoms with van der Waals surface area (Å²) >= 11 is 5.79. The van der Waals surface area contributed by atoms with Crippen molar-refractivity contribution in [3.05, 3.63) is 40.9 Å². The van der Waals surface area contributed by atoms with Gasteiger partial charge in [0, 0.05) is 29.2 Å². The molecule has 0 saturated carbocycles. The van der Waals surface area contributed by atoms with Gasteiger partial charge < -0.3 is 9.84 Å². The number of allylic oxidation sites excluding steroid dienone is 1. The van der Waals surface area contributed by atoms with Crippen molar-refractivity contribution in [3.8, 4) is 0 Å². The first-order valence-corrected chi connectivity index (χ1v) is 7.09. The van der Waals surface area contributed by atoms with Crippen LogP contribution in [0, 0.1) is 5.92 Å². The number of hydrogen-bond donors (Lipinski definition) is 1. The Bertz CT molecular complexity index is 517. The number of aliphatic hydroxyl groups is 1. The number of ether oxygens (including phenoxy) is 1. The highest BCUT2D eigenvalue weighted by molar-refractivity contribution is 6.30. The maximum Gasteiger partial charge on any atom is 0.162 e. The molecule has 1 heterocycles. The molecule has 1 N–H and O–H groups in total. The Balaban J connectivity index is 2.09. The van der Waals surface area contributed by atoms with Gasteiger partial charge in [0.15, 0.2) is 5.78 Å². The van der Waals surface area contributed by atoms with Crippen molar-refractivity contribution >= 4 is 23.1 Å². The van der Waals surface area contributed by atoms with E-state index in [0.717, 1.165) is 0 Å². The quantitative estimate of drug-likeness (QED) is 0.677. The molecule has 0 spiro atoms. The van der Waals surface area contributed by atoms with Gasteiger partial charge in [0.2, 0.25) is 0 Å². The van der Waals surface area contributed by atoms with Crippen LogP contribution < -0.4 is 0 Å². The van der Waals surface area contributed by atoms with Crippen LogP contribution in [0.1, 0.15) is 32.3 Å². The lowest BCUT2D eigenvalue weighted by atomic mass is 9.85. The van der Waals surface area contributed by atoms with Crippen LogP contribution in [0.5, 0.6) is 0 Å². The first kappa shape index (κ1) is 15.1. The molecule has 0 aromatic heterocycles. The van der Waals surface area contributed by atoms with E-state index in [0.29, 0.717) is 30.0 Å². The molecule has 1 aliphatic heterocycles. The molecule has 0 radical (unpaired) electrons. The first-order chi connectivity index (χ1) is 9.37. The van der Waals surface area contributed by atoms with E-state index in [1.165, 1.54) is 6.08 Å². The summed E-state index contributed by atoms with van der Waals surface area (Å²) in [4.78, 5) is 12.2. The summed E-state index contributed by atoms with van der Waals surface area (Å²) in [7, 11) is 0. The summed E-state index contributed by atoms with van der Waals surface area (Å²) in [6.07, 6.45) is 2.69. The highest BCUT2D eigenvalue weighted by Crippen LogP contribution is 2.30. The van der Waals surface area contributed by atoms with Crippen molar-refractivity contribution in [3.63, 3.8) is 0 Å². The summed E-state index contributed by atoms with van der Waals surface area (Å²) in [5.74, 6) is -0.155. The topological polar surface area (TPSA) is 46.5 Å². The van der Waals surface area contributed by atoms with Crippen molar-refractivity contribution in [1.29, 1.82) is 0 Å². The predicted octanol–water partition coefficient (Wildman–Crippen LogP) is 4.01. The highest BCUT2D eigenvalue weighted by Gasteiger charge is 2.32. The number of carbonyl (C=O) groups excluding carboxylic acids is 1. The average molecular weight is 295 g/mol. The Labute approximate surface area is 124 Å². The standard InChI is InChI=1S/C16H19ClO3/c1-16(2)10-12(7-8-20-16)15(19)9-14(18)11-3-5-13(17)6-4-11/h3-6,9,12,18H,7-8,10H2,1-2H3/b14-9-. The van der Waals surface area contributed by atoms with Crippen LogP contribution in [0.25, 0.3) is 5.76 Å². The van der Waals surface area contributed by atoms with Gasteiger partial charge in [0.1, 0.15) is 5.76 Å². The highest BCUT2D eigenvalue weighted by atomic mass is 35.5. The summed E-state index contributed by atoms with van der Waals surface area (Å²) in [5.41, 5.74) is 0.316. The Kier molecular flexibility index (Phi) is 4.51. The predicted molar refractivity (Wildman–Crippen MR) is 79.8 cm³/mol. The Morgan fingerprint density at radius 1 is 1.40 bits per heavy atom. The molecule has 108 valence electrons. The van der Waals surface area contributed by atoms with E-state index in [1.807, 2.05) is 13.8 Å². The normalized spacial score (nSPS) is 22.6. The number of carbonyl (C=O) groups is 1. The number of hydrogen-bond acceptors (Lipinski definition) is 3. The van der Waals surface area contributed by atoms with Crippen LogP contribution in [0.15, 0.2) is 30.3 Å². The molecule has 0 amide bonds. The second-order valence-corrected chi connectivity index (χ2v) is 6.17. The molecule has 1 aromatic carbocycles. The zero-order valence-electron chi connectivity index (χ0n) is 11.7. The fourth-order valence-corrected chi connectivity index (χ4v) is 2.56. The van der Waals surface area contributed by atoms with Gasteiger partial charge in [-0.05, 0) is 51.0 Å². The van der Waals surface area contributed by atoms with Gasteiger partial charge in [-0.15, -0.1) is 0 Å². The smallest absolute Gasteiger partial charge is 0.162 e. The van der Waals surface area contributed by atoms with E-state index in [-0.39, 0.29) is 23.1 Å². The van der Waals surface area contributed by atoms with Gasteiger partial charge in [-0.25, -0.2) is 0 Å². The Hall–Kier alpha value is -1.32. The minimum atomic E-state index is -0.275. The van der Waals surface area contributed by atoms with Crippen LogP contribution >= 0.6 is 11.6 Å². The van der Waals surface area contributed by atoms with Crippen molar-refractivity contribution in [2.75, 3.05) is 6.61 Å². The molecule has 1 unspecified atom stereocenters. The first-order valence-electron chi connectivity index (χ1n) is 6.72.